The monoisotopic (exact) mass is 225 g/mol. The summed E-state index contributed by atoms with van der Waals surface area (Å²) in [5.74, 6) is -0.318. The molecule has 1 aromatic rings. The molecule has 2 rings (SSSR count). The Kier molecular flexibility index (Phi) is 2.73. The lowest BCUT2D eigenvalue weighted by Gasteiger charge is -2.45. The molecular weight excluding hydrogens is 209 g/mol. The number of nitrogens with zero attached hydrogens (tertiary/aromatic N) is 2. The largest absolute Gasteiger partial charge is 0.633 e. The lowest BCUT2D eigenvalue weighted by Crippen LogP contribution is -2.53. The summed E-state index contributed by atoms with van der Waals surface area (Å²) in [7, 11) is 1.65. The molecule has 1 saturated heterocycles. The Morgan fingerprint density at radius 2 is 2.00 bits per heavy atom. The first-order chi connectivity index (χ1) is 7.48. The predicted octanol–water partition coefficient (Wildman–Crippen LogP) is 1.17. The lowest BCUT2D eigenvalue weighted by molar-refractivity contribution is -0.861. The van der Waals surface area contributed by atoms with Crippen LogP contribution in [0.3, 0.4) is 0 Å². The maximum atomic E-state index is 13.6. The van der Waals surface area contributed by atoms with Gasteiger partial charge in [-0.1, -0.05) is 0 Å². The zero-order valence-electron chi connectivity index (χ0n) is 9.32. The predicted molar refractivity (Wildman–Crippen MR) is 62.3 cm³/mol. The van der Waals surface area contributed by atoms with Crippen LogP contribution in [0.4, 0.5) is 15.8 Å². The van der Waals surface area contributed by atoms with E-state index in [0.717, 1.165) is 0 Å². The fourth-order valence-electron chi connectivity index (χ4n) is 1.91. The Morgan fingerprint density at radius 1 is 1.38 bits per heavy atom. The summed E-state index contributed by atoms with van der Waals surface area (Å²) >= 11 is 0. The van der Waals surface area contributed by atoms with Crippen molar-refractivity contribution < 1.29 is 9.04 Å². The first kappa shape index (κ1) is 11.2. The smallest absolute Gasteiger partial charge is 0.148 e. The summed E-state index contributed by atoms with van der Waals surface area (Å²) in [5, 5.41) is 11.6. The van der Waals surface area contributed by atoms with Gasteiger partial charge in [-0.25, -0.2) is 4.39 Å². The van der Waals surface area contributed by atoms with Crippen LogP contribution in [0.5, 0.6) is 0 Å². The minimum Gasteiger partial charge on any atom is -0.633 e. The minimum atomic E-state index is -0.318. The Labute approximate surface area is 94.2 Å². The molecule has 0 atom stereocenters. The lowest BCUT2D eigenvalue weighted by atomic mass is 10.2. The summed E-state index contributed by atoms with van der Waals surface area (Å²) in [6.07, 6.45) is 0. The van der Waals surface area contributed by atoms with Crippen LogP contribution < -0.4 is 10.6 Å². The van der Waals surface area contributed by atoms with E-state index in [1.165, 1.54) is 6.07 Å². The number of likely N-dealkylation sites (N-methyl/N-ethyl adjacent to an activating group) is 1. The van der Waals surface area contributed by atoms with E-state index in [1.807, 2.05) is 4.90 Å². The normalized spacial score (nSPS) is 19.8. The molecule has 0 aromatic heterocycles. The van der Waals surface area contributed by atoms with Gasteiger partial charge in [0.1, 0.15) is 5.82 Å². The van der Waals surface area contributed by atoms with Crippen LogP contribution in [-0.2, 0) is 0 Å². The second-order valence-electron chi connectivity index (χ2n) is 4.44. The number of nitrogens with two attached hydrogens (primary N) is 1. The van der Waals surface area contributed by atoms with Crippen LogP contribution >= 0.6 is 0 Å². The summed E-state index contributed by atoms with van der Waals surface area (Å²) in [6, 6.07) is 4.67. The SMILES string of the molecule is C[N+]1([O-])CCN(c2ccc(N)cc2F)CC1. The number of nitrogen functional groups attached to an aromatic ring is 1. The Balaban J connectivity index is 2.14. The molecule has 1 aliphatic heterocycles. The molecule has 1 fully saturated rings. The first-order valence-corrected chi connectivity index (χ1v) is 5.33. The number of hydrogen-bond donors (Lipinski definition) is 1. The van der Waals surface area contributed by atoms with E-state index in [4.69, 9.17) is 5.73 Å². The summed E-state index contributed by atoms with van der Waals surface area (Å²) in [4.78, 5) is 1.90. The van der Waals surface area contributed by atoms with Crippen molar-refractivity contribution in [3.8, 4) is 0 Å². The molecule has 0 unspecified atom stereocenters. The van der Waals surface area contributed by atoms with Crippen molar-refractivity contribution in [3.05, 3.63) is 29.2 Å². The van der Waals surface area contributed by atoms with Gasteiger partial charge in [0, 0.05) is 5.69 Å². The van der Waals surface area contributed by atoms with Gasteiger partial charge in [-0.3, -0.25) is 0 Å². The van der Waals surface area contributed by atoms with Gasteiger partial charge in [-0.05, 0) is 18.2 Å². The van der Waals surface area contributed by atoms with Crippen LogP contribution in [0.25, 0.3) is 0 Å². The van der Waals surface area contributed by atoms with Crippen LogP contribution in [-0.4, -0.2) is 37.9 Å². The minimum absolute atomic E-state index is 0.243. The summed E-state index contributed by atoms with van der Waals surface area (Å²) in [6.45, 7) is 2.15. The maximum Gasteiger partial charge on any atom is 0.148 e. The molecule has 1 aromatic carbocycles. The fraction of sp³-hybridized carbons (Fsp3) is 0.455. The highest BCUT2D eigenvalue weighted by molar-refractivity contribution is 5.54. The molecule has 4 nitrogen and oxygen atoms in total. The zero-order valence-corrected chi connectivity index (χ0v) is 9.32. The Hall–Kier alpha value is -1.33. The quantitative estimate of drug-likeness (QED) is 0.443. The van der Waals surface area contributed by atoms with E-state index < -0.39 is 0 Å². The highest BCUT2D eigenvalue weighted by Crippen LogP contribution is 2.23. The average molecular weight is 225 g/mol. The average Bonchev–Trinajstić information content (AvgIpc) is 2.19. The first-order valence-electron chi connectivity index (χ1n) is 5.33. The van der Waals surface area contributed by atoms with E-state index >= 15 is 0 Å². The highest BCUT2D eigenvalue weighted by Gasteiger charge is 2.23. The topological polar surface area (TPSA) is 52.3 Å². The second-order valence-corrected chi connectivity index (χ2v) is 4.44. The van der Waals surface area contributed by atoms with Crippen LogP contribution in [0.1, 0.15) is 0 Å². The molecule has 0 aliphatic carbocycles. The van der Waals surface area contributed by atoms with Gasteiger partial charge in [0.25, 0.3) is 0 Å². The maximum absolute atomic E-state index is 13.6. The molecule has 0 saturated carbocycles. The molecule has 0 radical (unpaired) electrons. The van der Waals surface area contributed by atoms with E-state index in [1.54, 1.807) is 19.2 Å². The molecule has 0 bridgehead atoms. The third kappa shape index (κ3) is 2.25. The van der Waals surface area contributed by atoms with Crippen molar-refractivity contribution in [2.75, 3.05) is 43.9 Å². The van der Waals surface area contributed by atoms with E-state index in [9.17, 15) is 9.60 Å². The molecule has 1 heterocycles. The van der Waals surface area contributed by atoms with Crippen molar-refractivity contribution in [3.63, 3.8) is 0 Å². The molecule has 1 aliphatic rings. The third-order valence-electron chi connectivity index (χ3n) is 3.00. The van der Waals surface area contributed by atoms with Crippen LogP contribution in [0, 0.1) is 11.0 Å². The molecule has 0 spiro atoms. The number of anilines is 2. The number of quaternary nitrogens is 1. The number of rotatable bonds is 1. The highest BCUT2D eigenvalue weighted by atomic mass is 19.1. The molecule has 88 valence electrons. The van der Waals surface area contributed by atoms with Gasteiger partial charge in [-0.2, -0.15) is 0 Å². The standard InChI is InChI=1S/C11H16FN3O/c1-15(16)6-4-14(5-7-15)11-3-2-9(13)8-10(11)12/h2-3,8H,4-7,13H2,1H3. The van der Waals surface area contributed by atoms with Gasteiger partial charge >= 0.3 is 0 Å². The molecule has 5 heteroatoms. The molecular formula is C11H16FN3O. The number of halogens is 1. The van der Waals surface area contributed by atoms with Crippen molar-refractivity contribution in [2.24, 2.45) is 0 Å². The van der Waals surface area contributed by atoms with Crippen molar-refractivity contribution in [2.45, 2.75) is 0 Å². The number of hydrogen-bond acceptors (Lipinski definition) is 3. The van der Waals surface area contributed by atoms with Gasteiger partial charge in [0.2, 0.25) is 0 Å². The van der Waals surface area contributed by atoms with Crippen LogP contribution in [0.2, 0.25) is 0 Å². The Bertz CT molecular complexity index is 385. The number of hydroxylamine groups is 3. The van der Waals surface area contributed by atoms with Gasteiger partial charge < -0.3 is 20.5 Å². The second kappa shape index (κ2) is 3.92. The van der Waals surface area contributed by atoms with Gasteiger partial charge in [0.15, 0.2) is 0 Å². The van der Waals surface area contributed by atoms with Gasteiger partial charge in [0.05, 0.1) is 38.9 Å². The van der Waals surface area contributed by atoms with E-state index in [-0.39, 0.29) is 10.5 Å². The molecule has 0 amide bonds. The summed E-state index contributed by atoms with van der Waals surface area (Å²) < 4.78 is 13.4. The van der Waals surface area contributed by atoms with Crippen molar-refractivity contribution in [1.82, 2.24) is 0 Å². The van der Waals surface area contributed by atoms with Crippen molar-refractivity contribution >= 4 is 11.4 Å². The van der Waals surface area contributed by atoms with E-state index in [0.29, 0.717) is 37.6 Å². The Morgan fingerprint density at radius 3 is 2.56 bits per heavy atom. The summed E-state index contributed by atoms with van der Waals surface area (Å²) in [5.41, 5.74) is 6.44. The molecule has 16 heavy (non-hydrogen) atoms. The third-order valence-corrected chi connectivity index (χ3v) is 3.00. The van der Waals surface area contributed by atoms with Crippen molar-refractivity contribution in [1.29, 1.82) is 0 Å². The fourth-order valence-corrected chi connectivity index (χ4v) is 1.91. The van der Waals surface area contributed by atoms with Crippen LogP contribution in [0.15, 0.2) is 18.2 Å². The van der Waals surface area contributed by atoms with E-state index in [2.05, 4.69) is 0 Å². The number of benzene rings is 1. The number of piperazine rings is 1. The molecule has 2 N–H and O–H groups in total. The van der Waals surface area contributed by atoms with Gasteiger partial charge in [-0.15, -0.1) is 0 Å². The zero-order chi connectivity index (χ0) is 11.8.